The molecule has 0 atom stereocenters. The first-order valence-corrected chi connectivity index (χ1v) is 8.21. The van der Waals surface area contributed by atoms with Crippen LogP contribution in [0.25, 0.3) is 5.70 Å². The largest absolute Gasteiger partial charge is 0.483 e. The molecule has 8 heteroatoms. The molecule has 0 fully saturated rings. The maximum absolute atomic E-state index is 12.6. The average Bonchev–Trinajstić information content (AvgIpc) is 3.20. The summed E-state index contributed by atoms with van der Waals surface area (Å²) in [4.78, 5) is 16.0. The summed E-state index contributed by atoms with van der Waals surface area (Å²) in [7, 11) is 0. The number of rotatable bonds is 6. The molecule has 0 bridgehead atoms. The first-order valence-electron chi connectivity index (χ1n) is 8.21. The molecule has 1 heterocycles. The Hall–Kier alpha value is -3.55. The van der Waals surface area contributed by atoms with E-state index in [1.54, 1.807) is 41.5 Å². The molecule has 0 saturated carbocycles. The molecule has 0 saturated heterocycles. The molecule has 2 aromatic carbocycles. The van der Waals surface area contributed by atoms with Crippen LogP contribution in [0.1, 0.15) is 11.1 Å². The number of aromatic nitrogens is 2. The maximum atomic E-state index is 12.6. The standard InChI is InChI=1S/C20H16F3N3O2/c1-14(26-11-10-24-13-26)17-4-2-3-5-18(17)28-12-19(27)25-16-8-6-15(7-9-16)20(21,22)23/h2-11,13H,1,12H2,(H,25,27). The highest BCUT2D eigenvalue weighted by Crippen LogP contribution is 2.30. The Morgan fingerprint density at radius 2 is 1.86 bits per heavy atom. The van der Waals surface area contributed by atoms with Crippen LogP contribution >= 0.6 is 0 Å². The van der Waals surface area contributed by atoms with E-state index in [0.29, 0.717) is 17.0 Å². The average molecular weight is 387 g/mol. The van der Waals surface area contributed by atoms with Gasteiger partial charge in [0, 0.05) is 23.6 Å². The molecule has 0 radical (unpaired) electrons. The second-order valence-electron chi connectivity index (χ2n) is 5.82. The summed E-state index contributed by atoms with van der Waals surface area (Å²) in [5.41, 5.74) is 0.769. The van der Waals surface area contributed by atoms with Gasteiger partial charge in [0.2, 0.25) is 0 Å². The minimum absolute atomic E-state index is 0.248. The minimum Gasteiger partial charge on any atom is -0.483 e. The van der Waals surface area contributed by atoms with Crippen LogP contribution in [-0.4, -0.2) is 22.1 Å². The van der Waals surface area contributed by atoms with Gasteiger partial charge in [-0.15, -0.1) is 0 Å². The zero-order valence-electron chi connectivity index (χ0n) is 14.6. The second-order valence-corrected chi connectivity index (χ2v) is 5.82. The molecule has 0 unspecified atom stereocenters. The number of benzene rings is 2. The van der Waals surface area contributed by atoms with E-state index in [0.717, 1.165) is 12.1 Å². The van der Waals surface area contributed by atoms with E-state index in [1.807, 2.05) is 6.07 Å². The highest BCUT2D eigenvalue weighted by atomic mass is 19.4. The number of para-hydroxylation sites is 1. The number of anilines is 1. The number of nitrogens with one attached hydrogen (secondary N) is 1. The fourth-order valence-corrected chi connectivity index (χ4v) is 2.47. The predicted octanol–water partition coefficient (Wildman–Crippen LogP) is 4.44. The Morgan fingerprint density at radius 3 is 2.50 bits per heavy atom. The zero-order valence-corrected chi connectivity index (χ0v) is 14.6. The summed E-state index contributed by atoms with van der Waals surface area (Å²) in [6.07, 6.45) is 0.520. The summed E-state index contributed by atoms with van der Waals surface area (Å²) in [5.74, 6) is -0.0495. The van der Waals surface area contributed by atoms with E-state index >= 15 is 0 Å². The number of ether oxygens (including phenoxy) is 1. The SMILES string of the molecule is C=C(c1ccccc1OCC(=O)Nc1ccc(C(F)(F)F)cc1)n1ccnc1. The van der Waals surface area contributed by atoms with Crippen molar-refractivity contribution < 1.29 is 22.7 Å². The van der Waals surface area contributed by atoms with Crippen molar-refractivity contribution in [2.75, 3.05) is 11.9 Å². The first kappa shape index (κ1) is 19.2. The van der Waals surface area contributed by atoms with Crippen molar-refractivity contribution >= 4 is 17.3 Å². The number of hydrogen-bond donors (Lipinski definition) is 1. The topological polar surface area (TPSA) is 56.1 Å². The lowest BCUT2D eigenvalue weighted by Crippen LogP contribution is -2.20. The molecule has 0 spiro atoms. The number of hydrogen-bond acceptors (Lipinski definition) is 3. The highest BCUT2D eigenvalue weighted by Gasteiger charge is 2.30. The van der Waals surface area contributed by atoms with Gasteiger partial charge < -0.3 is 14.6 Å². The molecule has 0 aliphatic heterocycles. The van der Waals surface area contributed by atoms with Crippen LogP contribution in [0.4, 0.5) is 18.9 Å². The summed E-state index contributed by atoms with van der Waals surface area (Å²) in [6.45, 7) is 3.69. The third-order valence-corrected chi connectivity index (χ3v) is 3.87. The lowest BCUT2D eigenvalue weighted by atomic mass is 10.1. The van der Waals surface area contributed by atoms with Gasteiger partial charge in [0.15, 0.2) is 6.61 Å². The van der Waals surface area contributed by atoms with Crippen LogP contribution in [0, 0.1) is 0 Å². The van der Waals surface area contributed by atoms with Crippen LogP contribution < -0.4 is 10.1 Å². The van der Waals surface area contributed by atoms with Crippen molar-refractivity contribution in [3.05, 3.63) is 85.0 Å². The molecule has 1 aromatic heterocycles. The smallest absolute Gasteiger partial charge is 0.416 e. The van der Waals surface area contributed by atoms with E-state index in [1.165, 1.54) is 12.1 Å². The van der Waals surface area contributed by atoms with Gasteiger partial charge in [-0.25, -0.2) is 4.98 Å². The lowest BCUT2D eigenvalue weighted by Gasteiger charge is -2.14. The van der Waals surface area contributed by atoms with E-state index in [9.17, 15) is 18.0 Å². The third kappa shape index (κ3) is 4.59. The van der Waals surface area contributed by atoms with Crippen molar-refractivity contribution in [3.8, 4) is 5.75 Å². The monoisotopic (exact) mass is 387 g/mol. The van der Waals surface area contributed by atoms with Gasteiger partial charge in [0.05, 0.1) is 17.6 Å². The number of carbonyl (C=O) groups is 1. The van der Waals surface area contributed by atoms with E-state index in [-0.39, 0.29) is 12.3 Å². The van der Waals surface area contributed by atoms with Gasteiger partial charge in [0.1, 0.15) is 5.75 Å². The Kier molecular flexibility index (Phi) is 5.49. The molecule has 1 amide bonds. The van der Waals surface area contributed by atoms with Crippen molar-refractivity contribution in [3.63, 3.8) is 0 Å². The van der Waals surface area contributed by atoms with Crippen molar-refractivity contribution in [1.82, 2.24) is 9.55 Å². The third-order valence-electron chi connectivity index (χ3n) is 3.87. The molecule has 0 aliphatic carbocycles. The maximum Gasteiger partial charge on any atom is 0.416 e. The lowest BCUT2D eigenvalue weighted by molar-refractivity contribution is -0.137. The van der Waals surface area contributed by atoms with Crippen LogP contribution in [0.2, 0.25) is 0 Å². The van der Waals surface area contributed by atoms with Crippen LogP contribution in [-0.2, 0) is 11.0 Å². The number of alkyl halides is 3. The molecule has 144 valence electrons. The first-order chi connectivity index (χ1) is 13.3. The van der Waals surface area contributed by atoms with E-state index in [2.05, 4.69) is 16.9 Å². The fourth-order valence-electron chi connectivity index (χ4n) is 2.47. The van der Waals surface area contributed by atoms with Gasteiger partial charge >= 0.3 is 6.18 Å². The predicted molar refractivity (Wildman–Crippen MR) is 98.7 cm³/mol. The van der Waals surface area contributed by atoms with Crippen LogP contribution in [0.3, 0.4) is 0 Å². The number of amides is 1. The fraction of sp³-hybridized carbons (Fsp3) is 0.100. The molecule has 28 heavy (non-hydrogen) atoms. The van der Waals surface area contributed by atoms with Gasteiger partial charge in [0.25, 0.3) is 5.91 Å². The van der Waals surface area contributed by atoms with Crippen molar-refractivity contribution in [1.29, 1.82) is 0 Å². The number of halogens is 3. The summed E-state index contributed by atoms with van der Waals surface area (Å²) >= 11 is 0. The van der Waals surface area contributed by atoms with Gasteiger partial charge in [-0.3, -0.25) is 4.79 Å². The molecule has 1 N–H and O–H groups in total. The van der Waals surface area contributed by atoms with Crippen LogP contribution in [0.5, 0.6) is 5.75 Å². The van der Waals surface area contributed by atoms with Gasteiger partial charge in [-0.1, -0.05) is 18.7 Å². The Balaban J connectivity index is 1.63. The van der Waals surface area contributed by atoms with E-state index < -0.39 is 17.6 Å². The molecule has 5 nitrogen and oxygen atoms in total. The highest BCUT2D eigenvalue weighted by molar-refractivity contribution is 5.92. The molecule has 3 rings (SSSR count). The molecular weight excluding hydrogens is 371 g/mol. The molecular formula is C20H16F3N3O2. The Bertz CT molecular complexity index is 965. The number of imidazole rings is 1. The zero-order chi connectivity index (χ0) is 20.1. The van der Waals surface area contributed by atoms with Gasteiger partial charge in [-0.05, 0) is 36.4 Å². The van der Waals surface area contributed by atoms with Crippen molar-refractivity contribution in [2.24, 2.45) is 0 Å². The normalized spacial score (nSPS) is 11.1. The van der Waals surface area contributed by atoms with Gasteiger partial charge in [-0.2, -0.15) is 13.2 Å². The quantitative estimate of drug-likeness (QED) is 0.680. The Labute approximate surface area is 159 Å². The summed E-state index contributed by atoms with van der Waals surface area (Å²) < 4.78 is 45.0. The van der Waals surface area contributed by atoms with Crippen LogP contribution in [0.15, 0.2) is 73.8 Å². The number of carbonyl (C=O) groups excluding carboxylic acids is 1. The van der Waals surface area contributed by atoms with Crippen molar-refractivity contribution in [2.45, 2.75) is 6.18 Å². The summed E-state index contributed by atoms with van der Waals surface area (Å²) in [6, 6.07) is 11.3. The minimum atomic E-state index is -4.42. The Morgan fingerprint density at radius 1 is 1.14 bits per heavy atom. The molecule has 3 aromatic rings. The number of nitrogens with zero attached hydrogens (tertiary/aromatic N) is 2. The molecule has 0 aliphatic rings. The second kappa shape index (κ2) is 7.99. The van der Waals surface area contributed by atoms with E-state index in [4.69, 9.17) is 4.74 Å². The summed E-state index contributed by atoms with van der Waals surface area (Å²) in [5, 5.41) is 2.50.